The number of rotatable bonds is 18. The van der Waals surface area contributed by atoms with Gasteiger partial charge in [0, 0.05) is 5.92 Å². The third kappa shape index (κ3) is 9.34. The minimum atomic E-state index is -2.09. The summed E-state index contributed by atoms with van der Waals surface area (Å²) in [7, 11) is -3.92. The van der Waals surface area contributed by atoms with Gasteiger partial charge < -0.3 is 4.43 Å². The molecule has 3 heteroatoms. The third-order valence-electron chi connectivity index (χ3n) is 7.30. The van der Waals surface area contributed by atoms with E-state index in [1.807, 2.05) is 0 Å². The third-order valence-corrected chi connectivity index (χ3v) is 24.3. The fourth-order valence-corrected chi connectivity index (χ4v) is 21.1. The van der Waals surface area contributed by atoms with Crippen LogP contribution in [0.3, 0.4) is 0 Å². The Morgan fingerprint density at radius 1 is 0.818 bits per heavy atom. The Labute approximate surface area is 209 Å². The summed E-state index contributed by atoms with van der Waals surface area (Å²) < 4.78 is 7.61. The highest BCUT2D eigenvalue weighted by molar-refractivity contribution is 7.44. The Morgan fingerprint density at radius 2 is 1.33 bits per heavy atom. The lowest BCUT2D eigenvalue weighted by atomic mass is 9.97. The van der Waals surface area contributed by atoms with Crippen LogP contribution in [0, 0.1) is 17.8 Å². The Balaban J connectivity index is 3.33. The van der Waals surface area contributed by atoms with E-state index in [9.17, 15) is 0 Å². The molecular weight excluding hydrogens is 433 g/mol. The Bertz CT molecular complexity index is 647. The van der Waals surface area contributed by atoms with Gasteiger partial charge in [-0.05, 0) is 30.3 Å². The van der Waals surface area contributed by atoms with Crippen molar-refractivity contribution in [3.05, 3.63) is 55.6 Å². The molecule has 0 saturated heterocycles. The summed E-state index contributed by atoms with van der Waals surface area (Å²) in [5.41, 5.74) is 0. The van der Waals surface area contributed by atoms with Gasteiger partial charge in [-0.25, -0.2) is 0 Å². The van der Waals surface area contributed by atoms with Gasteiger partial charge in [0.15, 0.2) is 7.83 Å². The van der Waals surface area contributed by atoms with Gasteiger partial charge in [0.05, 0.1) is 6.10 Å². The number of hydrogen-bond acceptors (Lipinski definition) is 1. The molecule has 188 valence electrons. The van der Waals surface area contributed by atoms with E-state index in [-0.39, 0.29) is 12.0 Å². The first kappa shape index (κ1) is 30.1. The zero-order chi connectivity index (χ0) is 24.9. The molecular formula is C30H54OSi2. The molecule has 0 aromatic heterocycles. The first-order valence-corrected chi connectivity index (χ1v) is 19.9. The molecule has 0 N–H and O–H groups in total. The van der Waals surface area contributed by atoms with Gasteiger partial charge in [-0.15, -0.1) is 13.2 Å². The Morgan fingerprint density at radius 3 is 1.82 bits per heavy atom. The van der Waals surface area contributed by atoms with Crippen molar-refractivity contribution in [1.29, 1.82) is 0 Å². The second-order valence-corrected chi connectivity index (χ2v) is 24.8. The quantitative estimate of drug-likeness (QED) is 0.114. The maximum Gasteiger partial charge on any atom is 0.185 e. The highest BCUT2D eigenvalue weighted by Crippen LogP contribution is 2.38. The molecule has 0 radical (unpaired) electrons. The monoisotopic (exact) mass is 486 g/mol. The van der Waals surface area contributed by atoms with Crippen molar-refractivity contribution >= 4 is 20.6 Å². The van der Waals surface area contributed by atoms with Gasteiger partial charge in [-0.2, -0.15) is 0 Å². The topological polar surface area (TPSA) is 9.23 Å². The summed E-state index contributed by atoms with van der Waals surface area (Å²) in [5, 5.41) is 1.56. The lowest BCUT2D eigenvalue weighted by molar-refractivity contribution is 0.151. The summed E-state index contributed by atoms with van der Waals surface area (Å²) in [6.45, 7) is 25.4. The lowest BCUT2D eigenvalue weighted by Gasteiger charge is -2.48. The standard InChI is InChI=1S/C30H54OSi2/c1-10-13-14-15-16-20-23-30(28(11-2)12-3)31-33(24-26(4)5,25-27(6)7)32(8,9)29-21-18-17-19-22-29/h11-12,17-19,21-22,26-28,30H,2-3,10,13-16,20,23-25H2,1,4-9H3/t30-/m1/s1. The zero-order valence-electron chi connectivity index (χ0n) is 23.0. The fraction of sp³-hybridized carbons (Fsp3) is 0.667. The molecule has 0 aliphatic carbocycles. The van der Waals surface area contributed by atoms with Gasteiger partial charge in [0.1, 0.15) is 7.59 Å². The maximum absolute atomic E-state index is 7.61. The number of hydrogen-bond donors (Lipinski definition) is 0. The molecule has 0 amide bonds. The summed E-state index contributed by atoms with van der Waals surface area (Å²) in [5.74, 6) is 1.52. The summed E-state index contributed by atoms with van der Waals surface area (Å²) in [4.78, 5) is 0. The molecule has 0 bridgehead atoms. The fourth-order valence-electron chi connectivity index (χ4n) is 5.42. The summed E-state index contributed by atoms with van der Waals surface area (Å²) in [6.07, 6.45) is 13.4. The molecule has 0 spiro atoms. The van der Waals surface area contributed by atoms with E-state index in [0.29, 0.717) is 11.8 Å². The van der Waals surface area contributed by atoms with Crippen LogP contribution in [0.25, 0.3) is 0 Å². The zero-order valence-corrected chi connectivity index (χ0v) is 25.0. The molecule has 1 atom stereocenters. The summed E-state index contributed by atoms with van der Waals surface area (Å²) in [6, 6.07) is 13.8. The van der Waals surface area contributed by atoms with Crippen molar-refractivity contribution in [3.63, 3.8) is 0 Å². The van der Waals surface area contributed by atoms with Crippen LogP contribution in [0.15, 0.2) is 55.6 Å². The number of unbranched alkanes of at least 4 members (excludes halogenated alkanes) is 5. The van der Waals surface area contributed by atoms with Crippen LogP contribution in [0.4, 0.5) is 0 Å². The van der Waals surface area contributed by atoms with Crippen molar-refractivity contribution in [2.45, 2.75) is 111 Å². The first-order chi connectivity index (χ1) is 15.6. The van der Waals surface area contributed by atoms with E-state index < -0.39 is 15.4 Å². The molecule has 0 heterocycles. The van der Waals surface area contributed by atoms with Crippen LogP contribution in [0.1, 0.15) is 79.6 Å². The molecule has 1 nitrogen and oxygen atoms in total. The van der Waals surface area contributed by atoms with Gasteiger partial charge in [-0.3, -0.25) is 0 Å². The molecule has 0 aliphatic rings. The van der Waals surface area contributed by atoms with E-state index in [1.54, 1.807) is 5.19 Å². The van der Waals surface area contributed by atoms with Gasteiger partial charge >= 0.3 is 0 Å². The second kappa shape index (κ2) is 15.2. The minimum absolute atomic E-state index is 0.214. The summed E-state index contributed by atoms with van der Waals surface area (Å²) >= 11 is 0. The van der Waals surface area contributed by atoms with E-state index in [4.69, 9.17) is 4.43 Å². The van der Waals surface area contributed by atoms with E-state index in [0.717, 1.165) is 6.42 Å². The molecule has 0 aliphatic heterocycles. The highest BCUT2D eigenvalue weighted by atomic mass is 29.3. The SMILES string of the molecule is C=CC(C=C)[C@@H](CCCCCCCC)O[Si](CC(C)C)(CC(C)C)[Si](C)(C)c1ccccc1. The smallest absolute Gasteiger partial charge is 0.185 e. The van der Waals surface area contributed by atoms with E-state index in [1.165, 1.54) is 50.6 Å². The van der Waals surface area contributed by atoms with Gasteiger partial charge in [-0.1, -0.05) is 134 Å². The second-order valence-electron chi connectivity index (χ2n) is 11.4. The Hall–Kier alpha value is -0.906. The lowest BCUT2D eigenvalue weighted by Crippen LogP contribution is -2.70. The van der Waals surface area contributed by atoms with Crippen molar-refractivity contribution in [1.82, 2.24) is 0 Å². The van der Waals surface area contributed by atoms with Crippen LogP contribution < -0.4 is 5.19 Å². The molecule has 33 heavy (non-hydrogen) atoms. The van der Waals surface area contributed by atoms with Crippen LogP contribution in [-0.4, -0.2) is 21.5 Å². The van der Waals surface area contributed by atoms with Crippen LogP contribution in [0.2, 0.25) is 25.2 Å². The van der Waals surface area contributed by atoms with Crippen molar-refractivity contribution in [3.8, 4) is 0 Å². The molecule has 1 rings (SSSR count). The average molecular weight is 487 g/mol. The predicted octanol–water partition coefficient (Wildman–Crippen LogP) is 9.06. The molecule has 0 unspecified atom stereocenters. The van der Waals surface area contributed by atoms with Crippen molar-refractivity contribution in [2.24, 2.45) is 17.8 Å². The van der Waals surface area contributed by atoms with Crippen LogP contribution >= 0.6 is 0 Å². The average Bonchev–Trinajstić information content (AvgIpc) is 2.76. The van der Waals surface area contributed by atoms with E-state index in [2.05, 4.69) is 103 Å². The Kier molecular flexibility index (Phi) is 13.8. The predicted molar refractivity (Wildman–Crippen MR) is 155 cm³/mol. The van der Waals surface area contributed by atoms with Crippen molar-refractivity contribution in [2.75, 3.05) is 0 Å². The largest absolute Gasteiger partial charge is 0.415 e. The van der Waals surface area contributed by atoms with Crippen LogP contribution in [-0.2, 0) is 4.43 Å². The maximum atomic E-state index is 7.61. The molecule has 1 aromatic rings. The normalized spacial score (nSPS) is 13.6. The van der Waals surface area contributed by atoms with Crippen LogP contribution in [0.5, 0.6) is 0 Å². The van der Waals surface area contributed by atoms with Crippen molar-refractivity contribution < 1.29 is 4.43 Å². The highest BCUT2D eigenvalue weighted by Gasteiger charge is 2.53. The minimum Gasteiger partial charge on any atom is -0.415 e. The number of benzene rings is 1. The van der Waals surface area contributed by atoms with Gasteiger partial charge in [0.25, 0.3) is 0 Å². The molecule has 1 aromatic carbocycles. The van der Waals surface area contributed by atoms with Gasteiger partial charge in [0.2, 0.25) is 0 Å². The van der Waals surface area contributed by atoms with E-state index >= 15 is 0 Å². The first-order valence-electron chi connectivity index (χ1n) is 13.6. The molecule has 0 fully saturated rings. The molecule has 0 saturated carbocycles.